The van der Waals surface area contributed by atoms with E-state index in [1.165, 1.54) is 0 Å². The lowest BCUT2D eigenvalue weighted by atomic mass is 10.1. The number of para-hydroxylation sites is 1. The number of carbonyl (C=O) groups is 2. The van der Waals surface area contributed by atoms with Gasteiger partial charge < -0.3 is 15.5 Å². The van der Waals surface area contributed by atoms with Crippen molar-refractivity contribution in [1.82, 2.24) is 10.3 Å². The number of aromatic nitrogens is 1. The molecule has 6 heteroatoms. The highest BCUT2D eigenvalue weighted by atomic mass is 16.2. The van der Waals surface area contributed by atoms with Crippen molar-refractivity contribution >= 4 is 28.9 Å². The third kappa shape index (κ3) is 4.52. The maximum absolute atomic E-state index is 13.0. The highest BCUT2D eigenvalue weighted by molar-refractivity contribution is 6.13. The van der Waals surface area contributed by atoms with Crippen molar-refractivity contribution in [3.8, 4) is 0 Å². The number of amides is 2. The van der Waals surface area contributed by atoms with Crippen LogP contribution in [0, 0.1) is 0 Å². The standard InChI is InChI=1S/C28H24N4O2/c33-27(30-16-14-20-9-6-15-29-18-20)22-12-13-26-24(17-22)31-28(34)23-10-4-5-11-25(23)32(26)19-21-7-2-1-3-8-21/h1-13,15,17-18H,14,16,19H2,(H,30,33)(H,31,34). The summed E-state index contributed by atoms with van der Waals surface area (Å²) in [7, 11) is 0. The van der Waals surface area contributed by atoms with Crippen LogP contribution in [0.15, 0.2) is 97.3 Å². The largest absolute Gasteiger partial charge is 0.352 e. The number of benzene rings is 3. The molecule has 1 aliphatic rings. The number of rotatable bonds is 6. The molecule has 1 aromatic heterocycles. The van der Waals surface area contributed by atoms with Crippen molar-refractivity contribution in [3.05, 3.63) is 120 Å². The van der Waals surface area contributed by atoms with E-state index in [9.17, 15) is 9.59 Å². The summed E-state index contributed by atoms with van der Waals surface area (Å²) in [4.78, 5) is 32.1. The fraction of sp³-hybridized carbons (Fsp3) is 0.107. The van der Waals surface area contributed by atoms with Gasteiger partial charge in [-0.2, -0.15) is 0 Å². The molecule has 34 heavy (non-hydrogen) atoms. The Morgan fingerprint density at radius 1 is 0.882 bits per heavy atom. The van der Waals surface area contributed by atoms with Crippen LogP contribution < -0.4 is 15.5 Å². The Bertz CT molecular complexity index is 1320. The number of hydrogen-bond donors (Lipinski definition) is 2. The van der Waals surface area contributed by atoms with Gasteiger partial charge in [-0.3, -0.25) is 14.6 Å². The Balaban J connectivity index is 1.42. The molecular weight excluding hydrogens is 424 g/mol. The molecule has 0 atom stereocenters. The van der Waals surface area contributed by atoms with Gasteiger partial charge in [-0.05, 0) is 53.9 Å². The van der Waals surface area contributed by atoms with Gasteiger partial charge in [-0.25, -0.2) is 0 Å². The fourth-order valence-corrected chi connectivity index (χ4v) is 4.14. The van der Waals surface area contributed by atoms with Gasteiger partial charge in [0.05, 0.1) is 22.6 Å². The molecule has 3 aromatic carbocycles. The normalized spacial score (nSPS) is 12.2. The minimum atomic E-state index is -0.193. The zero-order chi connectivity index (χ0) is 23.3. The molecule has 0 spiro atoms. The van der Waals surface area contributed by atoms with Crippen LogP contribution in [0.2, 0.25) is 0 Å². The van der Waals surface area contributed by atoms with Crippen molar-refractivity contribution in [3.63, 3.8) is 0 Å². The van der Waals surface area contributed by atoms with Gasteiger partial charge in [0, 0.05) is 31.0 Å². The topological polar surface area (TPSA) is 74.3 Å². The first-order chi connectivity index (χ1) is 16.7. The minimum Gasteiger partial charge on any atom is -0.352 e. The van der Waals surface area contributed by atoms with E-state index in [2.05, 4.69) is 32.7 Å². The third-order valence-corrected chi connectivity index (χ3v) is 5.84. The molecule has 0 aliphatic carbocycles. The zero-order valence-corrected chi connectivity index (χ0v) is 18.6. The van der Waals surface area contributed by atoms with E-state index in [4.69, 9.17) is 0 Å². The van der Waals surface area contributed by atoms with Crippen LogP contribution in [-0.4, -0.2) is 23.3 Å². The molecule has 168 valence electrons. The number of anilines is 3. The maximum atomic E-state index is 13.0. The van der Waals surface area contributed by atoms with E-state index in [-0.39, 0.29) is 11.8 Å². The van der Waals surface area contributed by atoms with Crippen molar-refractivity contribution in [1.29, 1.82) is 0 Å². The predicted molar refractivity (Wildman–Crippen MR) is 133 cm³/mol. The highest BCUT2D eigenvalue weighted by Crippen LogP contribution is 2.39. The number of hydrogen-bond acceptors (Lipinski definition) is 4. The van der Waals surface area contributed by atoms with Crippen LogP contribution in [0.1, 0.15) is 31.8 Å². The molecule has 0 fully saturated rings. The van der Waals surface area contributed by atoms with Crippen molar-refractivity contribution in [2.75, 3.05) is 16.8 Å². The molecule has 0 saturated heterocycles. The van der Waals surface area contributed by atoms with Crippen LogP contribution in [0.25, 0.3) is 0 Å². The van der Waals surface area contributed by atoms with Crippen LogP contribution in [0.4, 0.5) is 17.1 Å². The van der Waals surface area contributed by atoms with Crippen LogP contribution in [0.5, 0.6) is 0 Å². The van der Waals surface area contributed by atoms with E-state index in [1.54, 1.807) is 24.5 Å². The smallest absolute Gasteiger partial charge is 0.257 e. The van der Waals surface area contributed by atoms with Crippen LogP contribution in [0.3, 0.4) is 0 Å². The highest BCUT2D eigenvalue weighted by Gasteiger charge is 2.26. The maximum Gasteiger partial charge on any atom is 0.257 e. The first-order valence-corrected chi connectivity index (χ1v) is 11.2. The second-order valence-corrected chi connectivity index (χ2v) is 8.14. The zero-order valence-electron chi connectivity index (χ0n) is 18.6. The molecule has 5 rings (SSSR count). The number of nitrogens with one attached hydrogen (secondary N) is 2. The van der Waals surface area contributed by atoms with Gasteiger partial charge in [-0.15, -0.1) is 0 Å². The van der Waals surface area contributed by atoms with E-state index in [0.29, 0.717) is 36.3 Å². The SMILES string of the molecule is O=C(NCCc1cccnc1)c1ccc2c(c1)NC(=O)c1ccccc1N2Cc1ccccc1. The summed E-state index contributed by atoms with van der Waals surface area (Å²) in [6.45, 7) is 1.09. The second kappa shape index (κ2) is 9.58. The van der Waals surface area contributed by atoms with Crippen molar-refractivity contribution in [2.45, 2.75) is 13.0 Å². The Hall–Kier alpha value is -4.45. The summed E-state index contributed by atoms with van der Waals surface area (Å²) in [6, 6.07) is 27.0. The third-order valence-electron chi connectivity index (χ3n) is 5.84. The Kier molecular flexibility index (Phi) is 6.03. The summed E-state index contributed by atoms with van der Waals surface area (Å²) in [6.07, 6.45) is 4.22. The molecule has 2 heterocycles. The fourth-order valence-electron chi connectivity index (χ4n) is 4.14. The molecule has 0 saturated carbocycles. The van der Waals surface area contributed by atoms with Crippen LogP contribution in [-0.2, 0) is 13.0 Å². The molecule has 0 bridgehead atoms. The summed E-state index contributed by atoms with van der Waals surface area (Å²) in [5.41, 5.74) is 5.55. The second-order valence-electron chi connectivity index (χ2n) is 8.14. The number of nitrogens with zero attached hydrogens (tertiary/aromatic N) is 2. The quantitative estimate of drug-likeness (QED) is 0.437. The number of fused-ring (bicyclic) bond motifs is 2. The van der Waals surface area contributed by atoms with Gasteiger partial charge >= 0.3 is 0 Å². The summed E-state index contributed by atoms with van der Waals surface area (Å²) in [5, 5.41) is 5.96. The average molecular weight is 449 g/mol. The molecule has 0 radical (unpaired) electrons. The molecular formula is C28H24N4O2. The Labute approximate surface area is 198 Å². The lowest BCUT2D eigenvalue weighted by Crippen LogP contribution is -2.26. The monoisotopic (exact) mass is 448 g/mol. The number of carbonyl (C=O) groups excluding carboxylic acids is 2. The first-order valence-electron chi connectivity index (χ1n) is 11.2. The van der Waals surface area contributed by atoms with Gasteiger partial charge in [0.15, 0.2) is 0 Å². The van der Waals surface area contributed by atoms with Gasteiger partial charge in [-0.1, -0.05) is 48.5 Å². The lowest BCUT2D eigenvalue weighted by Gasteiger charge is -2.26. The molecule has 2 N–H and O–H groups in total. The predicted octanol–water partition coefficient (Wildman–Crippen LogP) is 4.96. The molecule has 1 aliphatic heterocycles. The summed E-state index contributed by atoms with van der Waals surface area (Å²) in [5.74, 6) is -0.376. The van der Waals surface area contributed by atoms with Gasteiger partial charge in [0.25, 0.3) is 11.8 Å². The van der Waals surface area contributed by atoms with E-state index < -0.39 is 0 Å². The first kappa shape index (κ1) is 21.4. The molecule has 6 nitrogen and oxygen atoms in total. The summed E-state index contributed by atoms with van der Waals surface area (Å²) < 4.78 is 0. The van der Waals surface area contributed by atoms with Gasteiger partial charge in [0.1, 0.15) is 0 Å². The number of pyridine rings is 1. The van der Waals surface area contributed by atoms with Crippen molar-refractivity contribution in [2.24, 2.45) is 0 Å². The van der Waals surface area contributed by atoms with E-state index in [1.807, 2.05) is 60.7 Å². The van der Waals surface area contributed by atoms with Crippen LogP contribution >= 0.6 is 0 Å². The van der Waals surface area contributed by atoms with E-state index in [0.717, 1.165) is 22.5 Å². The van der Waals surface area contributed by atoms with E-state index >= 15 is 0 Å². The molecule has 0 unspecified atom stereocenters. The van der Waals surface area contributed by atoms with Gasteiger partial charge in [0.2, 0.25) is 0 Å². The minimum absolute atomic E-state index is 0.183. The summed E-state index contributed by atoms with van der Waals surface area (Å²) >= 11 is 0. The average Bonchev–Trinajstić information content (AvgIpc) is 2.99. The molecule has 2 amide bonds. The Morgan fingerprint density at radius 3 is 2.50 bits per heavy atom. The Morgan fingerprint density at radius 2 is 1.68 bits per heavy atom. The molecule has 4 aromatic rings. The lowest BCUT2D eigenvalue weighted by molar-refractivity contribution is 0.0952. The van der Waals surface area contributed by atoms with Crippen molar-refractivity contribution < 1.29 is 9.59 Å².